The van der Waals surface area contributed by atoms with E-state index in [1.54, 1.807) is 0 Å². The molecule has 0 fully saturated rings. The zero-order valence-electron chi connectivity index (χ0n) is 16.3. The molecule has 4 N–H and O–H groups in total. The molecule has 0 spiro atoms. The van der Waals surface area contributed by atoms with Crippen molar-refractivity contribution in [2.45, 2.75) is 26.3 Å². The number of H-pyrrole nitrogens is 2. The Labute approximate surface area is 185 Å². The lowest BCUT2D eigenvalue weighted by Crippen LogP contribution is -2.23. The number of hydrogen-bond acceptors (Lipinski definition) is 4. The Morgan fingerprint density at radius 2 is 2.00 bits per heavy atom. The Morgan fingerprint density at radius 1 is 1.17 bits per heavy atom. The van der Waals surface area contributed by atoms with Crippen molar-refractivity contribution in [3.05, 3.63) is 53.1 Å². The summed E-state index contributed by atoms with van der Waals surface area (Å²) in [6, 6.07) is 8.78. The number of fused-ring (bicyclic) bond motifs is 2. The highest BCUT2D eigenvalue weighted by Gasteiger charge is 2.18. The molecule has 5 rings (SSSR count). The van der Waals surface area contributed by atoms with Crippen LogP contribution in [0.5, 0.6) is 5.75 Å². The summed E-state index contributed by atoms with van der Waals surface area (Å²) in [5, 5.41) is 21.5. The number of aryl methyl sites for hydroxylation is 1. The molecule has 2 aromatic carbocycles. The number of phenolic OH excluding ortho intramolecular Hbond substituents is 1. The molecule has 0 radical (unpaired) electrons. The molecule has 4 aromatic rings. The van der Waals surface area contributed by atoms with Crippen LogP contribution in [0, 0.1) is 5.82 Å². The number of rotatable bonds is 3. The first-order chi connectivity index (χ1) is 13.6. The van der Waals surface area contributed by atoms with E-state index >= 15 is 0 Å². The molecule has 0 aliphatic carbocycles. The number of nitrogens with one attached hydrogen (secondary N) is 3. The van der Waals surface area contributed by atoms with E-state index in [1.807, 2.05) is 25.1 Å². The fraction of sp³-hybridized carbons (Fsp3) is 0.238. The minimum atomic E-state index is -0.618. The summed E-state index contributed by atoms with van der Waals surface area (Å²) >= 11 is 0. The fourth-order valence-corrected chi connectivity index (χ4v) is 3.86. The van der Waals surface area contributed by atoms with Crippen molar-refractivity contribution >= 4 is 35.7 Å². The Bertz CT molecular complexity index is 1180. The smallest absolute Gasteiger partial charge is 0.165 e. The predicted octanol–water partition coefficient (Wildman–Crippen LogP) is 4.52. The van der Waals surface area contributed by atoms with Crippen LogP contribution in [0.4, 0.5) is 4.39 Å². The van der Waals surface area contributed by atoms with Gasteiger partial charge in [-0.15, -0.1) is 24.8 Å². The molecule has 1 aliphatic rings. The summed E-state index contributed by atoms with van der Waals surface area (Å²) in [5.74, 6) is -0.174. The van der Waals surface area contributed by atoms with E-state index in [4.69, 9.17) is 4.98 Å². The summed E-state index contributed by atoms with van der Waals surface area (Å²) in [4.78, 5) is 8.09. The first-order valence-electron chi connectivity index (χ1n) is 9.42. The van der Waals surface area contributed by atoms with Gasteiger partial charge in [0.15, 0.2) is 17.4 Å². The highest BCUT2D eigenvalue weighted by Crippen LogP contribution is 2.33. The van der Waals surface area contributed by atoms with Crippen LogP contribution in [-0.2, 0) is 19.4 Å². The van der Waals surface area contributed by atoms with Gasteiger partial charge < -0.3 is 15.4 Å². The average molecular weight is 450 g/mol. The first-order valence-corrected chi connectivity index (χ1v) is 9.42. The molecule has 158 valence electrons. The molecule has 0 amide bonds. The van der Waals surface area contributed by atoms with Gasteiger partial charge in [0.1, 0.15) is 5.69 Å². The molecule has 0 saturated heterocycles. The van der Waals surface area contributed by atoms with Gasteiger partial charge in [-0.3, -0.25) is 5.10 Å². The van der Waals surface area contributed by atoms with Crippen LogP contribution in [0.3, 0.4) is 0 Å². The van der Waals surface area contributed by atoms with Crippen molar-refractivity contribution in [2.24, 2.45) is 0 Å². The normalized spacial score (nSPS) is 12.9. The van der Waals surface area contributed by atoms with Gasteiger partial charge in [0.05, 0.1) is 11.2 Å². The molecule has 0 atom stereocenters. The molecule has 3 heterocycles. The van der Waals surface area contributed by atoms with Gasteiger partial charge >= 0.3 is 0 Å². The number of halogens is 3. The second-order valence-electron chi connectivity index (χ2n) is 7.08. The molecule has 0 bridgehead atoms. The number of phenols is 1. The van der Waals surface area contributed by atoms with Crippen LogP contribution in [0.15, 0.2) is 30.3 Å². The monoisotopic (exact) mass is 449 g/mol. The van der Waals surface area contributed by atoms with E-state index < -0.39 is 5.82 Å². The molecule has 0 saturated carbocycles. The SMILES string of the molecule is CCc1cc(O)c(F)cc1-c1ccc2c(-c3nc4c([nH]3)CCNC4)n[nH]c2c1.Cl.Cl. The van der Waals surface area contributed by atoms with Gasteiger partial charge in [-0.2, -0.15) is 5.10 Å². The molecule has 1 aliphatic heterocycles. The molecule has 9 heteroatoms. The molecule has 2 aromatic heterocycles. The number of benzene rings is 2. The van der Waals surface area contributed by atoms with Crippen LogP contribution in [0.1, 0.15) is 23.9 Å². The topological polar surface area (TPSA) is 89.6 Å². The largest absolute Gasteiger partial charge is 0.505 e. The highest BCUT2D eigenvalue weighted by atomic mass is 35.5. The molecular weight excluding hydrogens is 428 g/mol. The molecular formula is C21H22Cl2FN5O. The zero-order chi connectivity index (χ0) is 19.3. The maximum absolute atomic E-state index is 13.9. The lowest BCUT2D eigenvalue weighted by atomic mass is 9.96. The zero-order valence-corrected chi connectivity index (χ0v) is 17.9. The second-order valence-corrected chi connectivity index (χ2v) is 7.08. The summed E-state index contributed by atoms with van der Waals surface area (Å²) in [7, 11) is 0. The molecule has 0 unspecified atom stereocenters. The maximum Gasteiger partial charge on any atom is 0.165 e. The number of aromatic hydroxyl groups is 1. The Morgan fingerprint density at radius 3 is 2.77 bits per heavy atom. The Kier molecular flexibility index (Phi) is 6.36. The van der Waals surface area contributed by atoms with E-state index in [0.29, 0.717) is 6.42 Å². The third-order valence-electron chi connectivity index (χ3n) is 5.36. The van der Waals surface area contributed by atoms with Crippen molar-refractivity contribution in [2.75, 3.05) is 6.54 Å². The third-order valence-corrected chi connectivity index (χ3v) is 5.36. The van der Waals surface area contributed by atoms with Crippen LogP contribution >= 0.6 is 24.8 Å². The summed E-state index contributed by atoms with van der Waals surface area (Å²) in [6.07, 6.45) is 1.63. The van der Waals surface area contributed by atoms with Crippen molar-refractivity contribution in [1.82, 2.24) is 25.5 Å². The maximum atomic E-state index is 13.9. The van der Waals surface area contributed by atoms with E-state index in [-0.39, 0.29) is 30.6 Å². The van der Waals surface area contributed by atoms with Crippen LogP contribution < -0.4 is 5.32 Å². The highest BCUT2D eigenvalue weighted by molar-refractivity contribution is 5.94. The van der Waals surface area contributed by atoms with Gasteiger partial charge in [-0.1, -0.05) is 13.0 Å². The number of hydrogen-bond donors (Lipinski definition) is 4. The van der Waals surface area contributed by atoms with Crippen molar-refractivity contribution < 1.29 is 9.50 Å². The van der Waals surface area contributed by atoms with E-state index in [2.05, 4.69) is 20.5 Å². The van der Waals surface area contributed by atoms with Crippen molar-refractivity contribution in [3.8, 4) is 28.4 Å². The Hall–Kier alpha value is -2.61. The fourth-order valence-electron chi connectivity index (χ4n) is 3.86. The van der Waals surface area contributed by atoms with E-state index in [1.165, 1.54) is 12.1 Å². The van der Waals surface area contributed by atoms with Gasteiger partial charge in [0, 0.05) is 30.6 Å². The predicted molar refractivity (Wildman–Crippen MR) is 120 cm³/mol. The summed E-state index contributed by atoms with van der Waals surface area (Å²) < 4.78 is 13.9. The number of aromatic amines is 2. The average Bonchev–Trinajstić information content (AvgIpc) is 3.32. The van der Waals surface area contributed by atoms with Gasteiger partial charge in [0.25, 0.3) is 0 Å². The quantitative estimate of drug-likeness (QED) is 0.370. The van der Waals surface area contributed by atoms with Crippen molar-refractivity contribution in [1.29, 1.82) is 0 Å². The van der Waals surface area contributed by atoms with Crippen LogP contribution in [-0.4, -0.2) is 31.8 Å². The number of nitrogens with zero attached hydrogens (tertiary/aromatic N) is 2. The first kappa shape index (κ1) is 22.1. The lowest BCUT2D eigenvalue weighted by molar-refractivity contribution is 0.432. The van der Waals surface area contributed by atoms with E-state index in [9.17, 15) is 9.50 Å². The van der Waals surface area contributed by atoms with Crippen molar-refractivity contribution in [3.63, 3.8) is 0 Å². The second kappa shape index (κ2) is 8.63. The van der Waals surface area contributed by atoms with Gasteiger partial charge in [-0.05, 0) is 47.4 Å². The van der Waals surface area contributed by atoms with Gasteiger partial charge in [0.2, 0.25) is 0 Å². The van der Waals surface area contributed by atoms with E-state index in [0.717, 1.165) is 70.0 Å². The van der Waals surface area contributed by atoms with Crippen LogP contribution in [0.2, 0.25) is 0 Å². The molecule has 6 nitrogen and oxygen atoms in total. The minimum absolute atomic E-state index is 0. The van der Waals surface area contributed by atoms with Crippen LogP contribution in [0.25, 0.3) is 33.5 Å². The minimum Gasteiger partial charge on any atom is -0.505 e. The summed E-state index contributed by atoms with van der Waals surface area (Å²) in [6.45, 7) is 3.70. The lowest BCUT2D eigenvalue weighted by Gasteiger charge is -2.10. The van der Waals surface area contributed by atoms with Gasteiger partial charge in [-0.25, -0.2) is 9.37 Å². The number of imidazole rings is 1. The summed E-state index contributed by atoms with van der Waals surface area (Å²) in [5.41, 5.74) is 6.38. The Balaban J connectivity index is 0.00000128. The molecule has 30 heavy (non-hydrogen) atoms. The number of aromatic nitrogens is 4. The standard InChI is InChI=1S/C21H20FN5O.2ClH/c1-2-11-8-19(28)15(22)9-14(11)12-3-4-13-17(7-12)26-27-20(13)21-24-16-5-6-23-10-18(16)25-21;;/h3-4,7-9,23,28H,2,5-6,10H2,1H3,(H,24,25)(H,26,27);2*1H. The third kappa shape index (κ3) is 3.64.